The lowest BCUT2D eigenvalue weighted by molar-refractivity contribution is 0.403. The zero-order valence-electron chi connectivity index (χ0n) is 7.83. The molecule has 74 valence electrons. The van der Waals surface area contributed by atoms with Crippen LogP contribution >= 0.6 is 0 Å². The van der Waals surface area contributed by atoms with E-state index in [4.69, 9.17) is 11.5 Å². The lowest BCUT2D eigenvalue weighted by Gasteiger charge is -2.03. The normalized spacial score (nSPS) is 9.64. The van der Waals surface area contributed by atoms with E-state index in [0.29, 0.717) is 6.54 Å². The quantitative estimate of drug-likeness (QED) is 0.376. The first-order valence-corrected chi connectivity index (χ1v) is 4.39. The Kier molecular flexibility index (Phi) is 3.84. The molecule has 14 heavy (non-hydrogen) atoms. The smallest absolute Gasteiger partial charge is 0.157 e. The van der Waals surface area contributed by atoms with Gasteiger partial charge in [-0.25, -0.2) is 0 Å². The first-order chi connectivity index (χ1) is 6.74. The molecule has 0 fully saturated rings. The van der Waals surface area contributed by atoms with Crippen molar-refractivity contribution in [2.45, 2.75) is 6.42 Å². The van der Waals surface area contributed by atoms with E-state index in [1.165, 1.54) is 6.07 Å². The van der Waals surface area contributed by atoms with E-state index in [-0.39, 0.29) is 11.5 Å². The van der Waals surface area contributed by atoms with Crippen molar-refractivity contribution in [3.05, 3.63) is 23.8 Å². The maximum Gasteiger partial charge on any atom is 0.157 e. The van der Waals surface area contributed by atoms with Crippen LogP contribution in [0.3, 0.4) is 0 Å². The summed E-state index contributed by atoms with van der Waals surface area (Å²) in [6.45, 7) is 1.30. The van der Waals surface area contributed by atoms with E-state index in [9.17, 15) is 5.11 Å². The number of aromatic hydroxyl groups is 2. The Morgan fingerprint density at radius 2 is 2.07 bits per heavy atom. The summed E-state index contributed by atoms with van der Waals surface area (Å²) < 4.78 is 0. The van der Waals surface area contributed by atoms with Gasteiger partial charge in [-0.05, 0) is 24.1 Å². The SMILES string of the molecule is C#CCNCCc1ccc(O)c(O)c1. The minimum absolute atomic E-state index is 0.0838. The number of hydrogen-bond acceptors (Lipinski definition) is 3. The second-order valence-corrected chi connectivity index (χ2v) is 2.95. The Hall–Kier alpha value is -1.66. The van der Waals surface area contributed by atoms with Crippen molar-refractivity contribution in [2.24, 2.45) is 0 Å². The Bertz CT molecular complexity index is 342. The third kappa shape index (κ3) is 3.00. The molecule has 0 atom stereocenters. The molecule has 0 saturated heterocycles. The molecule has 0 aliphatic heterocycles. The molecule has 1 rings (SSSR count). The van der Waals surface area contributed by atoms with Crippen LogP contribution in [0.1, 0.15) is 5.56 Å². The number of terminal acetylenes is 1. The second kappa shape index (κ2) is 5.15. The summed E-state index contributed by atoms with van der Waals surface area (Å²) in [5.41, 5.74) is 0.963. The minimum Gasteiger partial charge on any atom is -0.504 e. The van der Waals surface area contributed by atoms with Gasteiger partial charge in [-0.2, -0.15) is 0 Å². The van der Waals surface area contributed by atoms with Gasteiger partial charge in [-0.15, -0.1) is 6.42 Å². The topological polar surface area (TPSA) is 52.5 Å². The molecule has 0 unspecified atom stereocenters. The fraction of sp³-hybridized carbons (Fsp3) is 0.273. The van der Waals surface area contributed by atoms with Gasteiger partial charge in [0.15, 0.2) is 11.5 Å². The Balaban J connectivity index is 2.44. The van der Waals surface area contributed by atoms with Crippen LogP contribution in [0.25, 0.3) is 0 Å². The van der Waals surface area contributed by atoms with Gasteiger partial charge in [-0.3, -0.25) is 0 Å². The third-order valence-electron chi connectivity index (χ3n) is 1.86. The molecule has 3 nitrogen and oxygen atoms in total. The molecule has 0 aromatic heterocycles. The predicted molar refractivity (Wildman–Crippen MR) is 55.2 cm³/mol. The van der Waals surface area contributed by atoms with Crippen molar-refractivity contribution < 1.29 is 10.2 Å². The van der Waals surface area contributed by atoms with Crippen molar-refractivity contribution in [1.29, 1.82) is 0 Å². The highest BCUT2D eigenvalue weighted by Crippen LogP contribution is 2.24. The first kappa shape index (κ1) is 10.4. The fourth-order valence-corrected chi connectivity index (χ4v) is 1.12. The highest BCUT2D eigenvalue weighted by Gasteiger charge is 1.99. The minimum atomic E-state index is -0.0923. The van der Waals surface area contributed by atoms with Gasteiger partial charge < -0.3 is 15.5 Å². The summed E-state index contributed by atoms with van der Waals surface area (Å²) in [6, 6.07) is 4.80. The van der Waals surface area contributed by atoms with Crippen molar-refractivity contribution in [3.63, 3.8) is 0 Å². The molecule has 0 aliphatic rings. The molecule has 1 aromatic rings. The van der Waals surface area contributed by atoms with E-state index in [0.717, 1.165) is 18.5 Å². The number of benzene rings is 1. The Morgan fingerprint density at radius 1 is 1.29 bits per heavy atom. The van der Waals surface area contributed by atoms with Gasteiger partial charge >= 0.3 is 0 Å². The molecule has 0 saturated carbocycles. The van der Waals surface area contributed by atoms with Crippen LogP contribution in [0.2, 0.25) is 0 Å². The van der Waals surface area contributed by atoms with Crippen LogP contribution in [0.4, 0.5) is 0 Å². The van der Waals surface area contributed by atoms with Gasteiger partial charge in [0.05, 0.1) is 6.54 Å². The molecule has 0 heterocycles. The molecular formula is C11H13NO2. The molecule has 0 bridgehead atoms. The lowest BCUT2D eigenvalue weighted by Crippen LogP contribution is -2.17. The zero-order chi connectivity index (χ0) is 10.4. The van der Waals surface area contributed by atoms with Crippen molar-refractivity contribution in [2.75, 3.05) is 13.1 Å². The average molecular weight is 191 g/mol. The maximum absolute atomic E-state index is 9.20. The van der Waals surface area contributed by atoms with Crippen molar-refractivity contribution in [1.82, 2.24) is 5.32 Å². The third-order valence-corrected chi connectivity index (χ3v) is 1.86. The van der Waals surface area contributed by atoms with E-state index in [2.05, 4.69) is 11.2 Å². The van der Waals surface area contributed by atoms with E-state index >= 15 is 0 Å². The molecule has 1 aromatic carbocycles. The van der Waals surface area contributed by atoms with Gasteiger partial charge in [0.1, 0.15) is 0 Å². The maximum atomic E-state index is 9.20. The van der Waals surface area contributed by atoms with Crippen LogP contribution in [0.15, 0.2) is 18.2 Å². The largest absolute Gasteiger partial charge is 0.504 e. The molecule has 0 amide bonds. The monoisotopic (exact) mass is 191 g/mol. The van der Waals surface area contributed by atoms with Gasteiger partial charge in [0.2, 0.25) is 0 Å². The average Bonchev–Trinajstić information content (AvgIpc) is 2.18. The van der Waals surface area contributed by atoms with E-state index < -0.39 is 0 Å². The van der Waals surface area contributed by atoms with Gasteiger partial charge in [0.25, 0.3) is 0 Å². The van der Waals surface area contributed by atoms with Crippen LogP contribution in [-0.4, -0.2) is 23.3 Å². The van der Waals surface area contributed by atoms with Crippen LogP contribution in [0.5, 0.6) is 11.5 Å². The molecule has 3 N–H and O–H groups in total. The second-order valence-electron chi connectivity index (χ2n) is 2.95. The Labute approximate surface area is 83.4 Å². The zero-order valence-corrected chi connectivity index (χ0v) is 7.83. The summed E-state index contributed by atoms with van der Waals surface area (Å²) >= 11 is 0. The van der Waals surface area contributed by atoms with E-state index in [1.54, 1.807) is 12.1 Å². The summed E-state index contributed by atoms with van der Waals surface area (Å²) in [7, 11) is 0. The molecule has 0 radical (unpaired) electrons. The molecule has 0 aliphatic carbocycles. The number of phenolic OH excluding ortho intramolecular Hbond substituents is 2. The van der Waals surface area contributed by atoms with Crippen LogP contribution in [0, 0.1) is 12.3 Å². The standard InChI is InChI=1S/C11H13NO2/c1-2-6-12-7-5-9-3-4-10(13)11(14)8-9/h1,3-4,8,12-14H,5-7H2. The number of hydrogen-bond donors (Lipinski definition) is 3. The fourth-order valence-electron chi connectivity index (χ4n) is 1.12. The molecular weight excluding hydrogens is 178 g/mol. The highest BCUT2D eigenvalue weighted by molar-refractivity contribution is 5.40. The van der Waals surface area contributed by atoms with Crippen LogP contribution in [-0.2, 0) is 6.42 Å². The van der Waals surface area contributed by atoms with E-state index in [1.807, 2.05) is 0 Å². The number of rotatable bonds is 4. The summed E-state index contributed by atoms with van der Waals surface area (Å²) in [5, 5.41) is 21.3. The molecule has 0 spiro atoms. The van der Waals surface area contributed by atoms with Crippen LogP contribution < -0.4 is 5.32 Å². The summed E-state index contributed by atoms with van der Waals surface area (Å²) in [6.07, 6.45) is 5.84. The van der Waals surface area contributed by atoms with Crippen molar-refractivity contribution >= 4 is 0 Å². The highest BCUT2D eigenvalue weighted by atomic mass is 16.3. The van der Waals surface area contributed by atoms with Gasteiger partial charge in [0, 0.05) is 6.54 Å². The number of phenols is 2. The lowest BCUT2D eigenvalue weighted by atomic mass is 10.1. The number of nitrogens with one attached hydrogen (secondary N) is 1. The summed E-state index contributed by atoms with van der Waals surface area (Å²) in [5.74, 6) is 2.30. The van der Waals surface area contributed by atoms with Gasteiger partial charge in [-0.1, -0.05) is 12.0 Å². The van der Waals surface area contributed by atoms with Crippen molar-refractivity contribution in [3.8, 4) is 23.8 Å². The predicted octanol–water partition coefficient (Wildman–Crippen LogP) is 0.863. The molecule has 3 heteroatoms. The first-order valence-electron chi connectivity index (χ1n) is 4.39. The Morgan fingerprint density at radius 3 is 2.71 bits per heavy atom. The summed E-state index contributed by atoms with van der Waals surface area (Å²) in [4.78, 5) is 0.